The lowest BCUT2D eigenvalue weighted by Gasteiger charge is -2.26. The molecule has 0 unspecified atom stereocenters. The highest BCUT2D eigenvalue weighted by Gasteiger charge is 2.19. The van der Waals surface area contributed by atoms with E-state index in [0.29, 0.717) is 0 Å². The average Bonchev–Trinajstić information content (AvgIpc) is 3.03. The summed E-state index contributed by atoms with van der Waals surface area (Å²) >= 11 is 6.07. The van der Waals surface area contributed by atoms with Crippen molar-refractivity contribution in [3.05, 3.63) is 53.6 Å². The second kappa shape index (κ2) is 8.73. The third-order valence-electron chi connectivity index (χ3n) is 3.75. The molecular weight excluding hydrogens is 322 g/mol. The van der Waals surface area contributed by atoms with E-state index in [0.717, 1.165) is 37.0 Å². The standard InChI is InChI=1S/C18H26ClN5/c1-18(2,12-15-5-4-6-16(19)11-15)13-23-17(20-3)22-8-10-24-9-7-21-14-24/h4-7,9,11,14H,8,10,12-13H2,1-3H3,(H2,20,22,23). The van der Waals surface area contributed by atoms with Crippen LogP contribution in [0.1, 0.15) is 19.4 Å². The summed E-state index contributed by atoms with van der Waals surface area (Å²) in [5.74, 6) is 0.814. The summed E-state index contributed by atoms with van der Waals surface area (Å²) in [5, 5.41) is 7.51. The van der Waals surface area contributed by atoms with Crippen LogP contribution in [0.25, 0.3) is 0 Å². The van der Waals surface area contributed by atoms with Gasteiger partial charge in [0.1, 0.15) is 0 Å². The van der Waals surface area contributed by atoms with E-state index < -0.39 is 0 Å². The maximum atomic E-state index is 6.07. The van der Waals surface area contributed by atoms with E-state index in [9.17, 15) is 0 Å². The topological polar surface area (TPSA) is 54.2 Å². The fraction of sp³-hybridized carbons (Fsp3) is 0.444. The van der Waals surface area contributed by atoms with Crippen LogP contribution in [0.2, 0.25) is 5.02 Å². The van der Waals surface area contributed by atoms with Crippen molar-refractivity contribution < 1.29 is 0 Å². The molecular formula is C18H26ClN5. The van der Waals surface area contributed by atoms with E-state index in [4.69, 9.17) is 11.6 Å². The molecule has 0 atom stereocenters. The van der Waals surface area contributed by atoms with Crippen LogP contribution < -0.4 is 10.6 Å². The number of halogens is 1. The monoisotopic (exact) mass is 347 g/mol. The van der Waals surface area contributed by atoms with Gasteiger partial charge >= 0.3 is 0 Å². The summed E-state index contributed by atoms with van der Waals surface area (Å²) in [6, 6.07) is 8.05. The van der Waals surface area contributed by atoms with Crippen molar-refractivity contribution in [1.82, 2.24) is 20.2 Å². The SMILES string of the molecule is CN=C(NCCn1ccnc1)NCC(C)(C)Cc1cccc(Cl)c1. The Labute approximate surface area is 149 Å². The Balaban J connectivity index is 1.78. The van der Waals surface area contributed by atoms with Crippen LogP contribution in [-0.2, 0) is 13.0 Å². The van der Waals surface area contributed by atoms with E-state index in [-0.39, 0.29) is 5.41 Å². The molecule has 1 aromatic heterocycles. The zero-order valence-corrected chi connectivity index (χ0v) is 15.3. The highest BCUT2D eigenvalue weighted by Crippen LogP contribution is 2.22. The Kier molecular flexibility index (Phi) is 6.67. The normalized spacial score (nSPS) is 12.2. The van der Waals surface area contributed by atoms with Crippen LogP contribution in [0, 0.1) is 5.41 Å². The van der Waals surface area contributed by atoms with Crippen molar-refractivity contribution in [2.75, 3.05) is 20.1 Å². The maximum Gasteiger partial charge on any atom is 0.191 e. The fourth-order valence-corrected chi connectivity index (χ4v) is 2.74. The number of guanidine groups is 1. The second-order valence-electron chi connectivity index (χ2n) is 6.62. The van der Waals surface area contributed by atoms with Crippen LogP contribution in [0.5, 0.6) is 0 Å². The van der Waals surface area contributed by atoms with E-state index in [1.165, 1.54) is 5.56 Å². The van der Waals surface area contributed by atoms with Crippen molar-refractivity contribution in [3.63, 3.8) is 0 Å². The first kappa shape index (κ1) is 18.3. The van der Waals surface area contributed by atoms with Gasteiger partial charge in [-0.05, 0) is 29.5 Å². The van der Waals surface area contributed by atoms with Gasteiger partial charge < -0.3 is 15.2 Å². The van der Waals surface area contributed by atoms with Gasteiger partial charge in [0.25, 0.3) is 0 Å². The molecule has 1 aromatic carbocycles. The van der Waals surface area contributed by atoms with Crippen molar-refractivity contribution >= 4 is 17.6 Å². The van der Waals surface area contributed by atoms with E-state index in [2.05, 4.69) is 40.5 Å². The molecule has 5 nitrogen and oxygen atoms in total. The first-order valence-corrected chi connectivity index (χ1v) is 8.51. The molecule has 0 fully saturated rings. The number of benzene rings is 1. The molecule has 2 rings (SSSR count). The average molecular weight is 348 g/mol. The van der Waals surface area contributed by atoms with Gasteiger partial charge in [0.05, 0.1) is 6.33 Å². The predicted octanol–water partition coefficient (Wildman–Crippen LogP) is 2.97. The van der Waals surface area contributed by atoms with Crippen LogP contribution in [0.4, 0.5) is 0 Å². The third kappa shape index (κ3) is 6.24. The Morgan fingerprint density at radius 3 is 2.83 bits per heavy atom. The summed E-state index contributed by atoms with van der Waals surface area (Å²) in [5.41, 5.74) is 1.34. The largest absolute Gasteiger partial charge is 0.356 e. The summed E-state index contributed by atoms with van der Waals surface area (Å²) in [4.78, 5) is 8.31. The lowest BCUT2D eigenvalue weighted by molar-refractivity contribution is 0.359. The number of aliphatic imine (C=N–C) groups is 1. The Morgan fingerprint density at radius 1 is 1.33 bits per heavy atom. The fourth-order valence-electron chi connectivity index (χ4n) is 2.53. The number of nitrogens with zero attached hydrogens (tertiary/aromatic N) is 3. The van der Waals surface area contributed by atoms with Crippen molar-refractivity contribution in [1.29, 1.82) is 0 Å². The van der Waals surface area contributed by atoms with E-state index >= 15 is 0 Å². The van der Waals surface area contributed by atoms with E-state index in [1.54, 1.807) is 13.2 Å². The lowest BCUT2D eigenvalue weighted by Crippen LogP contribution is -2.43. The van der Waals surface area contributed by atoms with Gasteiger partial charge in [0.15, 0.2) is 5.96 Å². The minimum atomic E-state index is 0.0899. The molecule has 0 saturated heterocycles. The molecule has 2 aromatic rings. The van der Waals surface area contributed by atoms with Gasteiger partial charge in [-0.25, -0.2) is 4.98 Å². The van der Waals surface area contributed by atoms with Crippen LogP contribution >= 0.6 is 11.6 Å². The van der Waals surface area contributed by atoms with E-state index in [1.807, 2.05) is 35.3 Å². The zero-order valence-electron chi connectivity index (χ0n) is 14.6. The Morgan fingerprint density at radius 2 is 2.17 bits per heavy atom. The second-order valence-corrected chi connectivity index (χ2v) is 7.06. The molecule has 130 valence electrons. The smallest absolute Gasteiger partial charge is 0.191 e. The first-order valence-electron chi connectivity index (χ1n) is 8.13. The summed E-state index contributed by atoms with van der Waals surface area (Å²) in [6.45, 7) is 6.95. The van der Waals surface area contributed by atoms with Gasteiger partial charge in [-0.15, -0.1) is 0 Å². The highest BCUT2D eigenvalue weighted by molar-refractivity contribution is 6.30. The molecule has 24 heavy (non-hydrogen) atoms. The predicted molar refractivity (Wildman–Crippen MR) is 101 cm³/mol. The molecule has 6 heteroatoms. The van der Waals surface area contributed by atoms with Crippen molar-refractivity contribution in [3.8, 4) is 0 Å². The highest BCUT2D eigenvalue weighted by atomic mass is 35.5. The Bertz CT molecular complexity index is 649. The van der Waals surface area contributed by atoms with Gasteiger partial charge in [-0.1, -0.05) is 37.6 Å². The Hall–Kier alpha value is -2.01. The minimum absolute atomic E-state index is 0.0899. The number of hydrogen-bond acceptors (Lipinski definition) is 2. The summed E-state index contributed by atoms with van der Waals surface area (Å²) in [7, 11) is 1.79. The summed E-state index contributed by atoms with van der Waals surface area (Å²) in [6.07, 6.45) is 6.50. The van der Waals surface area contributed by atoms with Gasteiger partial charge in [-0.2, -0.15) is 0 Å². The molecule has 0 saturated carbocycles. The zero-order chi connectivity index (χ0) is 17.4. The first-order chi connectivity index (χ1) is 11.5. The van der Waals surface area contributed by atoms with Gasteiger partial charge in [0, 0.05) is 44.1 Å². The molecule has 2 N–H and O–H groups in total. The lowest BCUT2D eigenvalue weighted by atomic mass is 9.86. The van der Waals surface area contributed by atoms with Crippen molar-refractivity contribution in [2.45, 2.75) is 26.8 Å². The molecule has 1 heterocycles. The van der Waals surface area contributed by atoms with Crippen LogP contribution in [0.15, 0.2) is 48.0 Å². The number of aromatic nitrogens is 2. The molecule has 0 radical (unpaired) electrons. The molecule has 0 bridgehead atoms. The maximum absolute atomic E-state index is 6.07. The molecule has 0 aliphatic rings. The molecule has 0 amide bonds. The van der Waals surface area contributed by atoms with Crippen LogP contribution in [-0.4, -0.2) is 35.6 Å². The minimum Gasteiger partial charge on any atom is -0.356 e. The number of nitrogens with one attached hydrogen (secondary N) is 2. The number of imidazole rings is 1. The molecule has 0 aliphatic carbocycles. The van der Waals surface area contributed by atoms with Crippen LogP contribution in [0.3, 0.4) is 0 Å². The quantitative estimate of drug-likeness (QED) is 0.598. The molecule has 0 aliphatic heterocycles. The molecule has 0 spiro atoms. The third-order valence-corrected chi connectivity index (χ3v) is 3.99. The van der Waals surface area contributed by atoms with Crippen molar-refractivity contribution in [2.24, 2.45) is 10.4 Å². The summed E-state index contributed by atoms with van der Waals surface area (Å²) < 4.78 is 2.03. The number of rotatable bonds is 7. The van der Waals surface area contributed by atoms with Gasteiger partial charge in [0.2, 0.25) is 0 Å². The van der Waals surface area contributed by atoms with Gasteiger partial charge in [-0.3, -0.25) is 4.99 Å². The number of hydrogen-bond donors (Lipinski definition) is 2.